The number of carbonyl (C=O) groups is 2. The van der Waals surface area contributed by atoms with Crippen LogP contribution in [0.1, 0.15) is 44.5 Å². The molecule has 0 aliphatic heterocycles. The number of hydrogen-bond donors (Lipinski definition) is 1. The third-order valence-corrected chi connectivity index (χ3v) is 3.31. The van der Waals surface area contributed by atoms with Crippen molar-refractivity contribution >= 4 is 17.5 Å². The average molecular weight is 288 g/mol. The highest BCUT2D eigenvalue weighted by Gasteiger charge is 2.12. The topological polar surface area (TPSA) is 49.4 Å². The van der Waals surface area contributed by atoms with Crippen LogP contribution < -0.4 is 5.32 Å². The Bertz CT molecular complexity index is 514. The van der Waals surface area contributed by atoms with Gasteiger partial charge in [-0.2, -0.15) is 0 Å². The van der Waals surface area contributed by atoms with Crippen molar-refractivity contribution in [3.05, 3.63) is 41.5 Å². The van der Waals surface area contributed by atoms with E-state index in [2.05, 4.69) is 5.32 Å². The van der Waals surface area contributed by atoms with E-state index >= 15 is 0 Å². The molecule has 0 aromatic heterocycles. The fourth-order valence-electron chi connectivity index (χ4n) is 2.02. The van der Waals surface area contributed by atoms with Gasteiger partial charge < -0.3 is 10.2 Å². The molecule has 4 nitrogen and oxygen atoms in total. The molecule has 0 fully saturated rings. The fourth-order valence-corrected chi connectivity index (χ4v) is 2.02. The Labute approximate surface area is 126 Å². The van der Waals surface area contributed by atoms with Gasteiger partial charge >= 0.3 is 0 Å². The maximum absolute atomic E-state index is 12.2. The van der Waals surface area contributed by atoms with Crippen LogP contribution in [0.5, 0.6) is 0 Å². The Morgan fingerprint density at radius 2 is 1.67 bits per heavy atom. The van der Waals surface area contributed by atoms with Crippen molar-refractivity contribution in [2.45, 2.75) is 34.1 Å². The number of rotatable bonds is 6. The molecule has 114 valence electrons. The highest BCUT2D eigenvalue weighted by Crippen LogP contribution is 2.13. The number of benzene rings is 1. The van der Waals surface area contributed by atoms with Crippen LogP contribution in [0.2, 0.25) is 0 Å². The van der Waals surface area contributed by atoms with E-state index in [9.17, 15) is 9.59 Å². The van der Waals surface area contributed by atoms with Crippen LogP contribution in [0.4, 0.5) is 5.69 Å². The molecule has 0 atom stereocenters. The summed E-state index contributed by atoms with van der Waals surface area (Å²) >= 11 is 0. The van der Waals surface area contributed by atoms with E-state index in [0.29, 0.717) is 29.9 Å². The van der Waals surface area contributed by atoms with Crippen molar-refractivity contribution < 1.29 is 9.59 Å². The van der Waals surface area contributed by atoms with Crippen molar-refractivity contribution in [1.82, 2.24) is 4.90 Å². The molecular weight excluding hydrogens is 264 g/mol. The number of allylic oxidation sites excluding steroid dienone is 1. The monoisotopic (exact) mass is 288 g/mol. The van der Waals surface area contributed by atoms with Gasteiger partial charge in [0.15, 0.2) is 0 Å². The number of amides is 2. The Kier molecular flexibility index (Phi) is 6.66. The molecular formula is C17H24N2O2. The van der Waals surface area contributed by atoms with E-state index in [-0.39, 0.29) is 11.8 Å². The zero-order chi connectivity index (χ0) is 15.8. The molecule has 0 radical (unpaired) electrons. The molecule has 1 aromatic carbocycles. The molecule has 1 aromatic rings. The Hall–Kier alpha value is -2.10. The minimum absolute atomic E-state index is 0.0138. The van der Waals surface area contributed by atoms with Crippen LogP contribution in [-0.2, 0) is 4.79 Å². The van der Waals surface area contributed by atoms with Crippen molar-refractivity contribution in [1.29, 1.82) is 0 Å². The Morgan fingerprint density at radius 1 is 1.10 bits per heavy atom. The molecule has 1 rings (SSSR count). The maximum Gasteiger partial charge on any atom is 0.253 e. The molecule has 2 amide bonds. The Morgan fingerprint density at radius 3 is 2.14 bits per heavy atom. The van der Waals surface area contributed by atoms with Gasteiger partial charge in [-0.3, -0.25) is 9.59 Å². The third-order valence-electron chi connectivity index (χ3n) is 3.31. The van der Waals surface area contributed by atoms with Gasteiger partial charge in [-0.05, 0) is 51.5 Å². The van der Waals surface area contributed by atoms with Crippen LogP contribution >= 0.6 is 0 Å². The summed E-state index contributed by atoms with van der Waals surface area (Å²) in [6.07, 6.45) is 2.71. The maximum atomic E-state index is 12.2. The smallest absolute Gasteiger partial charge is 0.253 e. The molecule has 4 heteroatoms. The Balaban J connectivity index is 2.77. The zero-order valence-electron chi connectivity index (χ0n) is 13.3. The summed E-state index contributed by atoms with van der Waals surface area (Å²) in [4.78, 5) is 25.8. The van der Waals surface area contributed by atoms with Gasteiger partial charge in [0.2, 0.25) is 0 Å². The quantitative estimate of drug-likeness (QED) is 0.815. The van der Waals surface area contributed by atoms with Crippen LogP contribution in [0.3, 0.4) is 0 Å². The predicted molar refractivity (Wildman–Crippen MR) is 86.4 cm³/mol. The number of anilines is 1. The second-order valence-corrected chi connectivity index (χ2v) is 4.80. The summed E-state index contributed by atoms with van der Waals surface area (Å²) in [6.45, 7) is 9.07. The molecule has 21 heavy (non-hydrogen) atoms. The molecule has 0 heterocycles. The van der Waals surface area contributed by atoms with Gasteiger partial charge in [0.25, 0.3) is 11.8 Å². The van der Waals surface area contributed by atoms with E-state index < -0.39 is 0 Å². The molecule has 0 saturated carbocycles. The number of nitrogens with zero attached hydrogens (tertiary/aromatic N) is 1. The summed E-state index contributed by atoms with van der Waals surface area (Å²) in [5.41, 5.74) is 2.03. The number of hydrogen-bond acceptors (Lipinski definition) is 2. The lowest BCUT2D eigenvalue weighted by Gasteiger charge is -2.18. The van der Waals surface area contributed by atoms with Crippen LogP contribution in [-0.4, -0.2) is 29.8 Å². The van der Waals surface area contributed by atoms with Crippen molar-refractivity contribution in [2.24, 2.45) is 0 Å². The van der Waals surface area contributed by atoms with E-state index in [0.717, 1.165) is 6.42 Å². The van der Waals surface area contributed by atoms with E-state index in [1.54, 1.807) is 36.1 Å². The van der Waals surface area contributed by atoms with Gasteiger partial charge in [-0.1, -0.05) is 13.0 Å². The van der Waals surface area contributed by atoms with Crippen molar-refractivity contribution in [2.75, 3.05) is 18.4 Å². The standard InChI is InChI=1S/C17H24N2O2/c1-5-8-13(4)16(20)18-15-11-9-14(10-12-15)17(21)19(6-2)7-3/h8-12H,5-7H2,1-4H3,(H,18,20)/b13-8-. The molecule has 0 saturated heterocycles. The normalized spacial score (nSPS) is 11.1. The SMILES string of the molecule is CC/C=C(/C)C(=O)Nc1ccc(C(=O)N(CC)CC)cc1. The first-order valence-electron chi connectivity index (χ1n) is 7.40. The summed E-state index contributed by atoms with van der Waals surface area (Å²) < 4.78 is 0. The lowest BCUT2D eigenvalue weighted by molar-refractivity contribution is -0.112. The van der Waals surface area contributed by atoms with Gasteiger partial charge in [-0.15, -0.1) is 0 Å². The van der Waals surface area contributed by atoms with E-state index in [1.807, 2.05) is 26.8 Å². The van der Waals surface area contributed by atoms with Gasteiger partial charge in [0.1, 0.15) is 0 Å². The minimum atomic E-state index is -0.111. The summed E-state index contributed by atoms with van der Waals surface area (Å²) in [5.74, 6) is -0.0976. The summed E-state index contributed by atoms with van der Waals surface area (Å²) in [7, 11) is 0. The lowest BCUT2D eigenvalue weighted by atomic mass is 10.1. The van der Waals surface area contributed by atoms with Crippen LogP contribution in [0, 0.1) is 0 Å². The van der Waals surface area contributed by atoms with Crippen LogP contribution in [0.15, 0.2) is 35.9 Å². The summed E-state index contributed by atoms with van der Waals surface area (Å²) in [5, 5.41) is 2.82. The fraction of sp³-hybridized carbons (Fsp3) is 0.412. The first-order chi connectivity index (χ1) is 10.0. The summed E-state index contributed by atoms with van der Waals surface area (Å²) in [6, 6.07) is 7.01. The first-order valence-corrected chi connectivity index (χ1v) is 7.40. The first kappa shape index (κ1) is 17.0. The zero-order valence-corrected chi connectivity index (χ0v) is 13.3. The largest absolute Gasteiger partial charge is 0.339 e. The molecule has 0 unspecified atom stereocenters. The van der Waals surface area contributed by atoms with Gasteiger partial charge in [-0.25, -0.2) is 0 Å². The average Bonchev–Trinajstić information content (AvgIpc) is 2.49. The number of carbonyl (C=O) groups excluding carboxylic acids is 2. The van der Waals surface area contributed by atoms with E-state index in [1.165, 1.54) is 0 Å². The van der Waals surface area contributed by atoms with Crippen molar-refractivity contribution in [3.63, 3.8) is 0 Å². The number of nitrogens with one attached hydrogen (secondary N) is 1. The van der Waals surface area contributed by atoms with Crippen molar-refractivity contribution in [3.8, 4) is 0 Å². The molecule has 1 N–H and O–H groups in total. The van der Waals surface area contributed by atoms with Gasteiger partial charge in [0, 0.05) is 29.9 Å². The molecule has 0 spiro atoms. The second kappa shape index (κ2) is 8.25. The molecule has 0 bridgehead atoms. The van der Waals surface area contributed by atoms with Crippen LogP contribution in [0.25, 0.3) is 0 Å². The molecule has 0 aliphatic rings. The highest BCUT2D eigenvalue weighted by atomic mass is 16.2. The second-order valence-electron chi connectivity index (χ2n) is 4.80. The predicted octanol–water partition coefficient (Wildman–Crippen LogP) is 3.46. The minimum Gasteiger partial charge on any atom is -0.339 e. The third kappa shape index (κ3) is 4.74. The van der Waals surface area contributed by atoms with Gasteiger partial charge in [0.05, 0.1) is 0 Å². The molecule has 0 aliphatic carbocycles. The lowest BCUT2D eigenvalue weighted by Crippen LogP contribution is -2.30. The van der Waals surface area contributed by atoms with E-state index in [4.69, 9.17) is 0 Å². The highest BCUT2D eigenvalue weighted by molar-refractivity contribution is 6.03.